The zero-order valence-electron chi connectivity index (χ0n) is 23.4. The lowest BCUT2D eigenvalue weighted by molar-refractivity contribution is 0.133. The molecule has 0 aliphatic carbocycles. The number of nitrogens with zero attached hydrogens (tertiary/aromatic N) is 3. The van der Waals surface area contributed by atoms with E-state index in [4.69, 9.17) is 15.5 Å². The van der Waals surface area contributed by atoms with Gasteiger partial charge >= 0.3 is 0 Å². The van der Waals surface area contributed by atoms with Crippen LogP contribution in [0.15, 0.2) is 11.2 Å². The van der Waals surface area contributed by atoms with Crippen molar-refractivity contribution < 1.29 is 13.5 Å². The maximum absolute atomic E-state index is 16.2. The van der Waals surface area contributed by atoms with E-state index in [0.717, 1.165) is 42.1 Å². The molecule has 1 saturated heterocycles. The van der Waals surface area contributed by atoms with Crippen LogP contribution in [0.4, 0.5) is 13.8 Å². The van der Waals surface area contributed by atoms with Crippen LogP contribution in [0.5, 0.6) is 0 Å². The van der Waals surface area contributed by atoms with E-state index in [2.05, 4.69) is 36.7 Å². The summed E-state index contributed by atoms with van der Waals surface area (Å²) in [7, 11) is 0. The van der Waals surface area contributed by atoms with Crippen LogP contribution < -0.4 is 21.5 Å². The first-order valence-corrected chi connectivity index (χ1v) is 14.9. The number of nitrogen functional groups attached to an aromatic ring is 1. The molecule has 3 aliphatic rings. The number of benzene rings is 1. The van der Waals surface area contributed by atoms with Gasteiger partial charge in [0.2, 0.25) is 0 Å². The van der Waals surface area contributed by atoms with Crippen molar-refractivity contribution >= 4 is 40.8 Å². The number of rotatable bonds is 7. The van der Waals surface area contributed by atoms with Crippen LogP contribution in [0.25, 0.3) is 18.6 Å². The van der Waals surface area contributed by atoms with Crippen LogP contribution in [0.2, 0.25) is 0 Å². The lowest BCUT2D eigenvalue weighted by atomic mass is 9.87. The van der Waals surface area contributed by atoms with Crippen molar-refractivity contribution in [1.29, 1.82) is 5.26 Å². The molecule has 9 heteroatoms. The van der Waals surface area contributed by atoms with Gasteiger partial charge in [0.05, 0.1) is 29.7 Å². The van der Waals surface area contributed by atoms with E-state index in [0.29, 0.717) is 40.5 Å². The molecule has 3 atom stereocenters. The summed E-state index contributed by atoms with van der Waals surface area (Å²) in [6.45, 7) is 12.1. The molecule has 1 fully saturated rings. The summed E-state index contributed by atoms with van der Waals surface area (Å²) in [5.41, 5.74) is 8.38. The van der Waals surface area contributed by atoms with Crippen molar-refractivity contribution in [1.82, 2.24) is 10.2 Å². The highest BCUT2D eigenvalue weighted by Gasteiger charge is 2.36. The molecule has 0 amide bonds. The molecule has 0 saturated carbocycles. The smallest absolute Gasteiger partial charge is 0.156 e. The van der Waals surface area contributed by atoms with Gasteiger partial charge in [0.15, 0.2) is 5.83 Å². The molecule has 3 unspecified atom stereocenters. The van der Waals surface area contributed by atoms with E-state index >= 15 is 4.39 Å². The highest BCUT2D eigenvalue weighted by molar-refractivity contribution is 7.17. The fourth-order valence-electron chi connectivity index (χ4n) is 6.39. The Hall–Kier alpha value is -3.22. The molecular weight excluding hydrogens is 528 g/mol. The summed E-state index contributed by atoms with van der Waals surface area (Å²) in [4.78, 5) is 7.47. The SMILES string of the molecule is C=c1c(F)c(C2NC=C(F)c3sc(N)c(C#N)c32)c2c(/c1=C/N=C(C)N1CCC(C)C1CCCCCC)COC2. The predicted molar refractivity (Wildman–Crippen MR) is 158 cm³/mol. The number of amidine groups is 1. The second kappa shape index (κ2) is 11.7. The van der Waals surface area contributed by atoms with Crippen LogP contribution >= 0.6 is 11.3 Å². The van der Waals surface area contributed by atoms with Crippen molar-refractivity contribution in [3.05, 3.63) is 55.1 Å². The van der Waals surface area contributed by atoms with E-state index in [-0.39, 0.29) is 27.3 Å². The molecule has 0 radical (unpaired) electrons. The number of thiophene rings is 1. The predicted octanol–water partition coefficient (Wildman–Crippen LogP) is 5.58. The average Bonchev–Trinajstić information content (AvgIpc) is 3.65. The number of anilines is 1. The number of nitrogens with two attached hydrogens (primary N) is 1. The van der Waals surface area contributed by atoms with Crippen LogP contribution in [0, 0.1) is 23.1 Å². The number of unbranched alkanes of at least 4 members (excludes halogenated alkanes) is 3. The second-order valence-electron chi connectivity index (χ2n) is 11.0. The van der Waals surface area contributed by atoms with Crippen molar-refractivity contribution in [2.75, 3.05) is 12.3 Å². The molecule has 0 spiro atoms. The van der Waals surface area contributed by atoms with Gasteiger partial charge in [0.1, 0.15) is 22.7 Å². The van der Waals surface area contributed by atoms with E-state index in [1.165, 1.54) is 31.9 Å². The lowest BCUT2D eigenvalue weighted by Crippen LogP contribution is -2.37. The van der Waals surface area contributed by atoms with Gasteiger partial charge in [0, 0.05) is 46.6 Å². The number of aliphatic imine (C=N–C) groups is 1. The average molecular weight is 566 g/mol. The zero-order valence-corrected chi connectivity index (χ0v) is 24.3. The Morgan fingerprint density at radius 2 is 2.08 bits per heavy atom. The summed E-state index contributed by atoms with van der Waals surface area (Å²) < 4.78 is 36.7. The molecule has 212 valence electrons. The van der Waals surface area contributed by atoms with Gasteiger partial charge in [-0.3, -0.25) is 0 Å². The topological polar surface area (TPSA) is 86.7 Å². The minimum Gasteiger partial charge on any atom is -0.389 e. The normalized spacial score (nSPS) is 22.6. The van der Waals surface area contributed by atoms with Crippen molar-refractivity contribution in [2.45, 2.75) is 84.6 Å². The van der Waals surface area contributed by atoms with Gasteiger partial charge in [-0.2, -0.15) is 5.26 Å². The third-order valence-electron chi connectivity index (χ3n) is 8.62. The first kappa shape index (κ1) is 28.3. The van der Waals surface area contributed by atoms with E-state index in [1.807, 2.05) is 6.92 Å². The number of nitrogens with one attached hydrogen (secondary N) is 1. The highest BCUT2D eigenvalue weighted by Crippen LogP contribution is 2.45. The number of ether oxygens (including phenoxy) is 1. The van der Waals surface area contributed by atoms with Gasteiger partial charge in [-0.05, 0) is 36.8 Å². The third-order valence-corrected chi connectivity index (χ3v) is 9.66. The fourth-order valence-corrected chi connectivity index (χ4v) is 7.35. The summed E-state index contributed by atoms with van der Waals surface area (Å²) in [6.07, 6.45) is 10.2. The van der Waals surface area contributed by atoms with Crippen molar-refractivity contribution in [3.63, 3.8) is 0 Å². The molecular formula is C31H37F2N5OS. The van der Waals surface area contributed by atoms with Crippen molar-refractivity contribution in [2.24, 2.45) is 10.9 Å². The summed E-state index contributed by atoms with van der Waals surface area (Å²) in [5.74, 6) is 0.496. The Labute approximate surface area is 238 Å². The van der Waals surface area contributed by atoms with Gasteiger partial charge in [-0.15, -0.1) is 11.3 Å². The van der Waals surface area contributed by atoms with Crippen LogP contribution in [0.3, 0.4) is 0 Å². The fraction of sp³-hybridized carbons (Fsp3) is 0.484. The van der Waals surface area contributed by atoms with Crippen LogP contribution in [-0.4, -0.2) is 23.3 Å². The Morgan fingerprint density at radius 3 is 2.83 bits per heavy atom. The number of fused-ring (bicyclic) bond motifs is 2. The minimum absolute atomic E-state index is 0.165. The molecule has 1 aromatic carbocycles. The first-order valence-electron chi connectivity index (χ1n) is 14.1. The maximum Gasteiger partial charge on any atom is 0.156 e. The second-order valence-corrected chi connectivity index (χ2v) is 12.1. The number of nitriles is 1. The van der Waals surface area contributed by atoms with Gasteiger partial charge in [0.25, 0.3) is 0 Å². The summed E-state index contributed by atoms with van der Waals surface area (Å²) in [6, 6.07) is 1.76. The van der Waals surface area contributed by atoms with Crippen LogP contribution in [-0.2, 0) is 18.0 Å². The molecule has 4 heterocycles. The summed E-state index contributed by atoms with van der Waals surface area (Å²) in [5, 5.41) is 13.7. The van der Waals surface area contributed by atoms with E-state index in [1.54, 1.807) is 6.20 Å². The lowest BCUT2D eigenvalue weighted by Gasteiger charge is -2.28. The van der Waals surface area contributed by atoms with E-state index in [9.17, 15) is 9.65 Å². The number of halogens is 2. The highest BCUT2D eigenvalue weighted by atomic mass is 32.1. The minimum atomic E-state index is -0.785. The largest absolute Gasteiger partial charge is 0.389 e. The Bertz CT molecular complexity index is 1520. The van der Waals surface area contributed by atoms with Gasteiger partial charge in [-0.1, -0.05) is 46.1 Å². The monoisotopic (exact) mass is 565 g/mol. The Kier molecular flexibility index (Phi) is 8.29. The van der Waals surface area contributed by atoms with Crippen molar-refractivity contribution in [3.8, 4) is 6.07 Å². The molecule has 1 aromatic heterocycles. The molecule has 40 heavy (non-hydrogen) atoms. The molecule has 3 N–H and O–H groups in total. The maximum atomic E-state index is 16.2. The van der Waals surface area contributed by atoms with E-state index < -0.39 is 17.7 Å². The number of hydrogen-bond acceptors (Lipinski definition) is 6. The molecule has 6 nitrogen and oxygen atoms in total. The zero-order chi connectivity index (χ0) is 28.6. The molecule has 2 aromatic rings. The Morgan fingerprint density at radius 1 is 1.30 bits per heavy atom. The standard InChI is InChI=1S/C31H37F2N5OS/c1-5-6-7-8-9-25-17(2)10-11-38(25)19(4)36-13-21-18(3)28(33)26(23-16-39-15-22(21)23)29-27-20(12-34)31(35)40-30(27)24(32)14-37-29/h13-14,17,25,29,37H,3,5-11,15-16,35H2,1-2,4H3/b21-13+,36-19?. The quantitative estimate of drug-likeness (QED) is 0.260. The van der Waals surface area contributed by atoms with Gasteiger partial charge in [-0.25, -0.2) is 13.8 Å². The number of likely N-dealkylation sites (tertiary alicyclic amines) is 1. The summed E-state index contributed by atoms with van der Waals surface area (Å²) >= 11 is 0.999. The molecule has 5 rings (SSSR count). The van der Waals surface area contributed by atoms with Crippen LogP contribution in [0.1, 0.15) is 98.0 Å². The number of hydrogen-bond donors (Lipinski definition) is 2. The van der Waals surface area contributed by atoms with Gasteiger partial charge < -0.3 is 20.7 Å². The first-order chi connectivity index (χ1) is 19.3. The third kappa shape index (κ3) is 4.92. The molecule has 3 aliphatic heterocycles. The molecule has 0 bridgehead atoms. The Balaban J connectivity index is 1.53.